The van der Waals surface area contributed by atoms with E-state index in [0.717, 1.165) is 0 Å². The molecule has 1 heteroatoms. The molecular weight excluding hydrogens is 224 g/mol. The Morgan fingerprint density at radius 2 is 1.65 bits per heavy atom. The van der Waals surface area contributed by atoms with E-state index in [1.165, 1.54) is 21.6 Å². The van der Waals surface area contributed by atoms with Gasteiger partial charge < -0.3 is 0 Å². The normalized spacial score (nSPS) is 10.4. The minimum atomic E-state index is 1.17. The second-order valence-corrected chi connectivity index (χ2v) is 4.72. The molecule has 1 aromatic heterocycles. The van der Waals surface area contributed by atoms with Crippen molar-refractivity contribution < 1.29 is 0 Å². The highest BCUT2D eigenvalue weighted by Crippen LogP contribution is 2.36. The van der Waals surface area contributed by atoms with Gasteiger partial charge in [-0.05, 0) is 23.1 Å². The molecule has 17 heavy (non-hydrogen) atoms. The first-order chi connectivity index (χ1) is 8.45. The molecule has 0 fully saturated rings. The second kappa shape index (κ2) is 4.56. The molecule has 81 valence electrons. The Balaban J connectivity index is 2.13. The van der Waals surface area contributed by atoms with E-state index >= 15 is 0 Å². The lowest BCUT2D eigenvalue weighted by atomic mass is 10.0. The van der Waals surface area contributed by atoms with Crippen molar-refractivity contribution in [3.8, 4) is 21.6 Å². The average molecular weight is 235 g/mol. The number of benzene rings is 2. The number of hydrogen-bond acceptors (Lipinski definition) is 1. The molecule has 3 aromatic rings. The Hall–Kier alpha value is -1.86. The molecule has 2 aromatic carbocycles. The molecular formula is C16H11S. The van der Waals surface area contributed by atoms with Crippen molar-refractivity contribution in [3.05, 3.63) is 72.1 Å². The van der Waals surface area contributed by atoms with Crippen LogP contribution in [0, 0.1) is 6.07 Å². The first kappa shape index (κ1) is 10.3. The smallest absolute Gasteiger partial charge is 0.0427 e. The summed E-state index contributed by atoms with van der Waals surface area (Å²) in [5.74, 6) is 0. The maximum atomic E-state index is 3.29. The van der Waals surface area contributed by atoms with E-state index in [9.17, 15) is 0 Å². The van der Waals surface area contributed by atoms with Gasteiger partial charge in [-0.25, -0.2) is 0 Å². The summed E-state index contributed by atoms with van der Waals surface area (Å²) in [5.41, 5.74) is 3.72. The van der Waals surface area contributed by atoms with Gasteiger partial charge >= 0.3 is 0 Å². The quantitative estimate of drug-likeness (QED) is 0.593. The van der Waals surface area contributed by atoms with Gasteiger partial charge in [0.25, 0.3) is 0 Å². The highest BCUT2D eigenvalue weighted by molar-refractivity contribution is 7.14. The average Bonchev–Trinajstić information content (AvgIpc) is 2.90. The van der Waals surface area contributed by atoms with Crippen LogP contribution in [0.4, 0.5) is 0 Å². The Morgan fingerprint density at radius 1 is 0.824 bits per heavy atom. The second-order valence-electron chi connectivity index (χ2n) is 3.81. The first-order valence-corrected chi connectivity index (χ1v) is 6.43. The van der Waals surface area contributed by atoms with Crippen molar-refractivity contribution in [3.63, 3.8) is 0 Å². The molecule has 3 rings (SSSR count). The molecule has 0 aliphatic heterocycles. The minimum Gasteiger partial charge on any atom is -0.143 e. The van der Waals surface area contributed by atoms with E-state index in [1.54, 1.807) is 11.3 Å². The number of hydrogen-bond donors (Lipinski definition) is 0. The Bertz CT molecular complexity index is 540. The van der Waals surface area contributed by atoms with Crippen molar-refractivity contribution >= 4 is 11.3 Å². The van der Waals surface area contributed by atoms with Crippen molar-refractivity contribution in [2.24, 2.45) is 0 Å². The maximum Gasteiger partial charge on any atom is 0.0427 e. The summed E-state index contributed by atoms with van der Waals surface area (Å²) < 4.78 is 0. The molecule has 0 saturated heterocycles. The maximum absolute atomic E-state index is 3.29. The molecule has 0 saturated carbocycles. The Kier molecular flexibility index (Phi) is 2.76. The van der Waals surface area contributed by atoms with Gasteiger partial charge in [-0.3, -0.25) is 0 Å². The molecule has 0 nitrogen and oxygen atoms in total. The third kappa shape index (κ3) is 2.02. The third-order valence-electron chi connectivity index (χ3n) is 2.70. The fraction of sp³-hybridized carbons (Fsp3) is 0. The van der Waals surface area contributed by atoms with Gasteiger partial charge in [0.1, 0.15) is 0 Å². The van der Waals surface area contributed by atoms with Crippen LogP contribution in [-0.4, -0.2) is 0 Å². The Labute approximate surface area is 105 Å². The van der Waals surface area contributed by atoms with E-state index in [1.807, 2.05) is 18.2 Å². The highest BCUT2D eigenvalue weighted by atomic mass is 32.1. The van der Waals surface area contributed by atoms with E-state index in [-0.39, 0.29) is 0 Å². The van der Waals surface area contributed by atoms with E-state index < -0.39 is 0 Å². The van der Waals surface area contributed by atoms with Gasteiger partial charge in [-0.15, -0.1) is 11.3 Å². The summed E-state index contributed by atoms with van der Waals surface area (Å²) in [4.78, 5) is 1.29. The zero-order valence-electron chi connectivity index (χ0n) is 9.26. The fourth-order valence-electron chi connectivity index (χ4n) is 1.90. The van der Waals surface area contributed by atoms with Gasteiger partial charge in [-0.2, -0.15) is 0 Å². The molecule has 0 spiro atoms. The van der Waals surface area contributed by atoms with Crippen molar-refractivity contribution in [1.82, 2.24) is 0 Å². The monoisotopic (exact) mass is 235 g/mol. The van der Waals surface area contributed by atoms with Crippen LogP contribution in [0.3, 0.4) is 0 Å². The van der Waals surface area contributed by atoms with E-state index in [0.29, 0.717) is 0 Å². The van der Waals surface area contributed by atoms with Crippen LogP contribution in [0.1, 0.15) is 0 Å². The van der Waals surface area contributed by atoms with Gasteiger partial charge in [0.2, 0.25) is 0 Å². The van der Waals surface area contributed by atoms with Crippen molar-refractivity contribution in [2.75, 3.05) is 0 Å². The van der Waals surface area contributed by atoms with Gasteiger partial charge in [-0.1, -0.05) is 54.6 Å². The SMILES string of the molecule is [c]1ccccc1-c1sccc1-c1ccccc1. The van der Waals surface area contributed by atoms with Crippen LogP contribution in [-0.2, 0) is 0 Å². The predicted molar refractivity (Wildman–Crippen MR) is 74.0 cm³/mol. The standard InChI is InChI=1S/C16H11S/c1-3-7-13(8-4-1)15-11-12-17-16(15)14-9-5-2-6-10-14/h1-9,11-12H. The van der Waals surface area contributed by atoms with E-state index in [4.69, 9.17) is 0 Å². The van der Waals surface area contributed by atoms with Gasteiger partial charge in [0.05, 0.1) is 0 Å². The number of thiophene rings is 1. The van der Waals surface area contributed by atoms with Crippen LogP contribution in [0.15, 0.2) is 66.0 Å². The topological polar surface area (TPSA) is 0 Å². The summed E-state index contributed by atoms with van der Waals surface area (Å²) in [7, 11) is 0. The van der Waals surface area contributed by atoms with Crippen LogP contribution >= 0.6 is 11.3 Å². The highest BCUT2D eigenvalue weighted by Gasteiger charge is 2.07. The summed E-state index contributed by atoms with van der Waals surface area (Å²) in [6.07, 6.45) is 0. The lowest BCUT2D eigenvalue weighted by Gasteiger charge is -2.03. The summed E-state index contributed by atoms with van der Waals surface area (Å²) in [6, 6.07) is 24.1. The molecule has 0 bridgehead atoms. The molecule has 0 amide bonds. The number of rotatable bonds is 2. The predicted octanol–water partition coefficient (Wildman–Crippen LogP) is 4.88. The molecule has 1 heterocycles. The van der Waals surface area contributed by atoms with E-state index in [2.05, 4.69) is 53.9 Å². The Morgan fingerprint density at radius 3 is 2.41 bits per heavy atom. The zero-order chi connectivity index (χ0) is 11.5. The first-order valence-electron chi connectivity index (χ1n) is 5.55. The third-order valence-corrected chi connectivity index (χ3v) is 3.65. The van der Waals surface area contributed by atoms with Crippen LogP contribution in [0.25, 0.3) is 21.6 Å². The molecule has 0 N–H and O–H groups in total. The van der Waals surface area contributed by atoms with Gasteiger partial charge in [0.15, 0.2) is 0 Å². The van der Waals surface area contributed by atoms with Gasteiger partial charge in [0, 0.05) is 16.0 Å². The molecule has 0 aliphatic carbocycles. The molecule has 1 radical (unpaired) electrons. The summed E-state index contributed by atoms with van der Waals surface area (Å²) in [6.45, 7) is 0. The fourth-order valence-corrected chi connectivity index (χ4v) is 2.80. The van der Waals surface area contributed by atoms with Crippen molar-refractivity contribution in [1.29, 1.82) is 0 Å². The minimum absolute atomic E-state index is 1.17. The van der Waals surface area contributed by atoms with Crippen LogP contribution in [0.2, 0.25) is 0 Å². The van der Waals surface area contributed by atoms with Crippen molar-refractivity contribution in [2.45, 2.75) is 0 Å². The molecule has 0 unspecified atom stereocenters. The zero-order valence-corrected chi connectivity index (χ0v) is 10.1. The molecule has 0 aliphatic rings. The lowest BCUT2D eigenvalue weighted by Crippen LogP contribution is -1.78. The summed E-state index contributed by atoms with van der Waals surface area (Å²) in [5, 5.41) is 2.14. The largest absolute Gasteiger partial charge is 0.143 e. The molecule has 0 atom stereocenters. The van der Waals surface area contributed by atoms with Crippen LogP contribution < -0.4 is 0 Å². The van der Waals surface area contributed by atoms with Crippen LogP contribution in [0.5, 0.6) is 0 Å². The summed E-state index contributed by atoms with van der Waals surface area (Å²) >= 11 is 1.77. The lowest BCUT2D eigenvalue weighted by molar-refractivity contribution is 1.64.